The number of rotatable bonds is 2. The smallest absolute Gasteiger partial charge is 0.236 e. The zero-order valence-electron chi connectivity index (χ0n) is 9.45. The van der Waals surface area contributed by atoms with E-state index in [1.807, 2.05) is 13.8 Å². The molecule has 92 valence electrons. The number of amides is 2. The van der Waals surface area contributed by atoms with Gasteiger partial charge in [0.2, 0.25) is 11.8 Å². The monoisotopic (exact) mass is 354 g/mol. The highest BCUT2D eigenvalue weighted by Crippen LogP contribution is 2.11. The number of carbonyl (C=O) groups excluding carboxylic acids is 2. The zero-order chi connectivity index (χ0) is 12.3. The van der Waals surface area contributed by atoms with Gasteiger partial charge >= 0.3 is 0 Å². The molecule has 1 rings (SSSR count). The van der Waals surface area contributed by atoms with Gasteiger partial charge in [-0.1, -0.05) is 31.9 Å². The Morgan fingerprint density at radius 2 is 1.12 bits per heavy atom. The van der Waals surface area contributed by atoms with Crippen molar-refractivity contribution in [2.45, 2.75) is 23.5 Å². The lowest BCUT2D eigenvalue weighted by atomic mass is 10.2. The summed E-state index contributed by atoms with van der Waals surface area (Å²) in [4.78, 5) is 26.6. The van der Waals surface area contributed by atoms with Crippen molar-refractivity contribution in [2.75, 3.05) is 26.2 Å². The molecule has 4 nitrogen and oxygen atoms in total. The number of carbonyl (C=O) groups is 2. The lowest BCUT2D eigenvalue weighted by Crippen LogP contribution is -2.53. The average molecular weight is 356 g/mol. The summed E-state index contributed by atoms with van der Waals surface area (Å²) in [5, 5.41) is 0. The van der Waals surface area contributed by atoms with E-state index in [2.05, 4.69) is 31.9 Å². The second kappa shape index (κ2) is 6.00. The standard InChI is InChI=1S/C10H16Br2N2O2/c1-7(11)9(15)13-3-5-14(6-4-13)10(16)8(2)12/h7-8H,3-6H2,1-2H3. The second-order valence-electron chi connectivity index (χ2n) is 3.88. The molecular weight excluding hydrogens is 340 g/mol. The molecule has 0 aromatic heterocycles. The number of hydrogen-bond acceptors (Lipinski definition) is 2. The summed E-state index contributed by atoms with van der Waals surface area (Å²) in [6.07, 6.45) is 0. The highest BCUT2D eigenvalue weighted by Gasteiger charge is 2.27. The average Bonchev–Trinajstić information content (AvgIpc) is 2.27. The maximum atomic E-state index is 11.7. The molecule has 1 aliphatic heterocycles. The molecule has 0 aromatic rings. The van der Waals surface area contributed by atoms with Gasteiger partial charge in [-0.3, -0.25) is 9.59 Å². The van der Waals surface area contributed by atoms with Gasteiger partial charge in [-0.25, -0.2) is 0 Å². The second-order valence-corrected chi connectivity index (χ2v) is 6.63. The van der Waals surface area contributed by atoms with E-state index in [1.165, 1.54) is 0 Å². The highest BCUT2D eigenvalue weighted by molar-refractivity contribution is 9.10. The first-order chi connectivity index (χ1) is 7.43. The minimum atomic E-state index is -0.148. The molecule has 0 aliphatic carbocycles. The molecule has 0 radical (unpaired) electrons. The van der Waals surface area contributed by atoms with Gasteiger partial charge in [0.15, 0.2) is 0 Å². The maximum absolute atomic E-state index is 11.7. The van der Waals surface area contributed by atoms with E-state index in [9.17, 15) is 9.59 Å². The molecule has 6 heteroatoms. The summed E-state index contributed by atoms with van der Waals surface area (Å²) in [6.45, 7) is 6.14. The molecule has 2 atom stereocenters. The summed E-state index contributed by atoms with van der Waals surface area (Å²) in [6, 6.07) is 0. The SMILES string of the molecule is CC(Br)C(=O)N1CCN(C(=O)C(C)Br)CC1. The molecule has 16 heavy (non-hydrogen) atoms. The van der Waals surface area contributed by atoms with Crippen LogP contribution in [-0.2, 0) is 9.59 Å². The van der Waals surface area contributed by atoms with Crippen molar-refractivity contribution in [3.8, 4) is 0 Å². The van der Waals surface area contributed by atoms with Crippen LogP contribution in [-0.4, -0.2) is 57.4 Å². The highest BCUT2D eigenvalue weighted by atomic mass is 79.9. The van der Waals surface area contributed by atoms with E-state index in [1.54, 1.807) is 9.80 Å². The van der Waals surface area contributed by atoms with Crippen LogP contribution < -0.4 is 0 Å². The molecule has 1 saturated heterocycles. The first-order valence-electron chi connectivity index (χ1n) is 5.29. The van der Waals surface area contributed by atoms with Gasteiger partial charge < -0.3 is 9.80 Å². The fraction of sp³-hybridized carbons (Fsp3) is 0.800. The molecule has 1 aliphatic rings. The van der Waals surface area contributed by atoms with E-state index < -0.39 is 0 Å². The Morgan fingerprint density at radius 3 is 1.31 bits per heavy atom. The van der Waals surface area contributed by atoms with Crippen molar-refractivity contribution >= 4 is 43.7 Å². The molecule has 2 amide bonds. The van der Waals surface area contributed by atoms with Gasteiger partial charge in [0, 0.05) is 26.2 Å². The number of hydrogen-bond donors (Lipinski definition) is 0. The zero-order valence-corrected chi connectivity index (χ0v) is 12.6. The van der Waals surface area contributed by atoms with Gasteiger partial charge in [-0.05, 0) is 13.8 Å². The number of piperazine rings is 1. The van der Waals surface area contributed by atoms with E-state index in [0.717, 1.165) is 0 Å². The van der Waals surface area contributed by atoms with Crippen LogP contribution in [0.5, 0.6) is 0 Å². The van der Waals surface area contributed by atoms with E-state index in [4.69, 9.17) is 0 Å². The summed E-state index contributed by atoms with van der Waals surface area (Å²) in [7, 11) is 0. The third kappa shape index (κ3) is 3.45. The third-order valence-corrected chi connectivity index (χ3v) is 3.37. The van der Waals surface area contributed by atoms with E-state index in [0.29, 0.717) is 26.2 Å². The van der Waals surface area contributed by atoms with Crippen molar-refractivity contribution in [1.29, 1.82) is 0 Å². The van der Waals surface area contributed by atoms with Crippen molar-refractivity contribution in [3.63, 3.8) is 0 Å². The largest absolute Gasteiger partial charge is 0.338 e. The molecule has 0 spiro atoms. The fourth-order valence-electron chi connectivity index (χ4n) is 1.65. The minimum Gasteiger partial charge on any atom is -0.338 e. The summed E-state index contributed by atoms with van der Waals surface area (Å²) < 4.78 is 0. The Bertz CT molecular complexity index is 246. The summed E-state index contributed by atoms with van der Waals surface area (Å²) >= 11 is 6.53. The first kappa shape index (κ1) is 14.0. The molecule has 0 aromatic carbocycles. The Morgan fingerprint density at radius 1 is 0.875 bits per heavy atom. The molecule has 0 bridgehead atoms. The Kier molecular flexibility index (Phi) is 5.24. The van der Waals surface area contributed by atoms with Gasteiger partial charge in [0.25, 0.3) is 0 Å². The van der Waals surface area contributed by atoms with Crippen LogP contribution in [0.25, 0.3) is 0 Å². The van der Waals surface area contributed by atoms with Crippen molar-refractivity contribution in [2.24, 2.45) is 0 Å². The van der Waals surface area contributed by atoms with Crippen LogP contribution in [0, 0.1) is 0 Å². The van der Waals surface area contributed by atoms with Crippen molar-refractivity contribution < 1.29 is 9.59 Å². The quantitative estimate of drug-likeness (QED) is 0.699. The van der Waals surface area contributed by atoms with Crippen LogP contribution in [0.2, 0.25) is 0 Å². The molecule has 0 saturated carbocycles. The van der Waals surface area contributed by atoms with Crippen LogP contribution in [0.15, 0.2) is 0 Å². The fourth-order valence-corrected chi connectivity index (χ4v) is 2.23. The van der Waals surface area contributed by atoms with Crippen LogP contribution in [0.1, 0.15) is 13.8 Å². The van der Waals surface area contributed by atoms with Gasteiger partial charge in [-0.2, -0.15) is 0 Å². The normalized spacial score (nSPS) is 20.5. The van der Waals surface area contributed by atoms with E-state index in [-0.39, 0.29) is 21.5 Å². The van der Waals surface area contributed by atoms with Crippen molar-refractivity contribution in [3.05, 3.63) is 0 Å². The molecule has 2 unspecified atom stereocenters. The predicted molar refractivity (Wildman–Crippen MR) is 69.9 cm³/mol. The number of halogens is 2. The van der Waals surface area contributed by atoms with Crippen LogP contribution in [0.3, 0.4) is 0 Å². The van der Waals surface area contributed by atoms with Gasteiger partial charge in [-0.15, -0.1) is 0 Å². The summed E-state index contributed by atoms with van der Waals surface area (Å²) in [5.41, 5.74) is 0. The van der Waals surface area contributed by atoms with Crippen molar-refractivity contribution in [1.82, 2.24) is 9.80 Å². The maximum Gasteiger partial charge on any atom is 0.236 e. The third-order valence-electron chi connectivity index (χ3n) is 2.58. The molecule has 1 heterocycles. The molecule has 0 N–H and O–H groups in total. The van der Waals surface area contributed by atoms with Crippen LogP contribution >= 0.6 is 31.9 Å². The molecule has 1 fully saturated rings. The number of nitrogens with zero attached hydrogens (tertiary/aromatic N) is 2. The topological polar surface area (TPSA) is 40.6 Å². The Labute approximate surface area is 113 Å². The van der Waals surface area contributed by atoms with Gasteiger partial charge in [0.05, 0.1) is 9.65 Å². The lowest BCUT2D eigenvalue weighted by molar-refractivity contribution is -0.138. The van der Waals surface area contributed by atoms with Gasteiger partial charge in [0.1, 0.15) is 0 Å². The minimum absolute atomic E-state index is 0.0963. The predicted octanol–water partition coefficient (Wildman–Crippen LogP) is 1.22. The Balaban J connectivity index is 2.45. The Hall–Kier alpha value is -0.100. The summed E-state index contributed by atoms with van der Waals surface area (Å²) in [5.74, 6) is 0.193. The molecular formula is C10H16Br2N2O2. The lowest BCUT2D eigenvalue weighted by Gasteiger charge is -2.35. The number of alkyl halides is 2. The van der Waals surface area contributed by atoms with E-state index >= 15 is 0 Å². The van der Waals surface area contributed by atoms with Crippen LogP contribution in [0.4, 0.5) is 0 Å². The first-order valence-corrected chi connectivity index (χ1v) is 7.12.